The Bertz CT molecular complexity index is 804. The number of H-pyrrole nitrogens is 2. The quantitative estimate of drug-likeness (QED) is 0.690. The number of imidazole rings is 1. The van der Waals surface area contributed by atoms with Crippen molar-refractivity contribution < 1.29 is 0 Å². The molecule has 1 atom stereocenters. The van der Waals surface area contributed by atoms with E-state index >= 15 is 0 Å². The average Bonchev–Trinajstić information content (AvgIpc) is 2.80. The van der Waals surface area contributed by atoms with Gasteiger partial charge in [0.25, 0.3) is 0 Å². The van der Waals surface area contributed by atoms with Gasteiger partial charge in [-0.25, -0.2) is 4.79 Å². The molecule has 108 valence electrons. The summed E-state index contributed by atoms with van der Waals surface area (Å²) in [6, 6.07) is 13.9. The van der Waals surface area contributed by atoms with Crippen LogP contribution in [0.4, 0.5) is 5.69 Å². The highest BCUT2D eigenvalue weighted by Gasteiger charge is 2.05. The minimum atomic E-state index is -0.184. The number of nitrogens with one attached hydrogen (secondary N) is 3. The third-order valence-corrected chi connectivity index (χ3v) is 3.64. The highest BCUT2D eigenvalue weighted by molar-refractivity contribution is 6.30. The summed E-state index contributed by atoms with van der Waals surface area (Å²) in [4.78, 5) is 16.7. The van der Waals surface area contributed by atoms with E-state index in [1.807, 2.05) is 42.5 Å². The van der Waals surface area contributed by atoms with Gasteiger partial charge in [0, 0.05) is 16.8 Å². The second-order valence-corrected chi connectivity index (χ2v) is 5.65. The standard InChI is InChI=1S/C16H16ClN3O/c1-10(8-11-2-4-12(17)5-3-11)18-13-6-7-14-15(9-13)20-16(21)19-14/h2-7,9-10,18H,8H2,1H3,(H2,19,20,21). The Hall–Kier alpha value is -2.20. The molecule has 1 heterocycles. The molecule has 3 rings (SSSR count). The van der Waals surface area contributed by atoms with E-state index in [-0.39, 0.29) is 11.7 Å². The van der Waals surface area contributed by atoms with Crippen molar-refractivity contribution in [3.63, 3.8) is 0 Å². The number of halogens is 1. The molecular formula is C16H16ClN3O. The maximum Gasteiger partial charge on any atom is 0.323 e. The molecule has 0 radical (unpaired) electrons. The van der Waals surface area contributed by atoms with E-state index in [0.717, 1.165) is 28.2 Å². The molecule has 0 aliphatic rings. The second kappa shape index (κ2) is 5.66. The van der Waals surface area contributed by atoms with E-state index in [0.29, 0.717) is 0 Å². The van der Waals surface area contributed by atoms with Gasteiger partial charge in [0.1, 0.15) is 0 Å². The zero-order chi connectivity index (χ0) is 14.8. The van der Waals surface area contributed by atoms with Crippen LogP contribution in [0, 0.1) is 0 Å². The molecule has 0 fully saturated rings. The molecule has 0 saturated carbocycles. The highest BCUT2D eigenvalue weighted by Crippen LogP contribution is 2.17. The van der Waals surface area contributed by atoms with Gasteiger partial charge in [-0.15, -0.1) is 0 Å². The zero-order valence-electron chi connectivity index (χ0n) is 11.6. The lowest BCUT2D eigenvalue weighted by Gasteiger charge is -2.15. The van der Waals surface area contributed by atoms with E-state index in [9.17, 15) is 4.79 Å². The van der Waals surface area contributed by atoms with Crippen LogP contribution in [0.3, 0.4) is 0 Å². The Morgan fingerprint density at radius 1 is 1.10 bits per heavy atom. The lowest BCUT2D eigenvalue weighted by Crippen LogP contribution is -2.17. The molecule has 1 aromatic heterocycles. The van der Waals surface area contributed by atoms with Crippen molar-refractivity contribution in [2.24, 2.45) is 0 Å². The number of aromatic amines is 2. The highest BCUT2D eigenvalue weighted by atomic mass is 35.5. The average molecular weight is 302 g/mol. The van der Waals surface area contributed by atoms with Crippen molar-refractivity contribution >= 4 is 28.3 Å². The number of hydrogen-bond acceptors (Lipinski definition) is 2. The van der Waals surface area contributed by atoms with Crippen LogP contribution in [0.15, 0.2) is 47.3 Å². The number of rotatable bonds is 4. The Balaban J connectivity index is 1.71. The van der Waals surface area contributed by atoms with Crippen molar-refractivity contribution in [1.82, 2.24) is 9.97 Å². The fourth-order valence-electron chi connectivity index (χ4n) is 2.43. The maximum atomic E-state index is 11.2. The molecular weight excluding hydrogens is 286 g/mol. The molecule has 3 aromatic rings. The Morgan fingerprint density at radius 3 is 2.57 bits per heavy atom. The molecule has 4 nitrogen and oxygen atoms in total. The van der Waals surface area contributed by atoms with E-state index < -0.39 is 0 Å². The predicted molar refractivity (Wildman–Crippen MR) is 87.2 cm³/mol. The van der Waals surface area contributed by atoms with Crippen molar-refractivity contribution in [1.29, 1.82) is 0 Å². The number of anilines is 1. The molecule has 0 aliphatic carbocycles. The van der Waals surface area contributed by atoms with Crippen molar-refractivity contribution in [3.8, 4) is 0 Å². The minimum absolute atomic E-state index is 0.184. The van der Waals surface area contributed by atoms with Gasteiger partial charge in [-0.3, -0.25) is 0 Å². The summed E-state index contributed by atoms with van der Waals surface area (Å²) in [5.74, 6) is 0. The summed E-state index contributed by atoms with van der Waals surface area (Å²) in [6.45, 7) is 2.12. The van der Waals surface area contributed by atoms with Gasteiger partial charge in [-0.2, -0.15) is 0 Å². The van der Waals surface area contributed by atoms with Crippen LogP contribution in [0.1, 0.15) is 12.5 Å². The van der Waals surface area contributed by atoms with Gasteiger partial charge < -0.3 is 15.3 Å². The fourth-order valence-corrected chi connectivity index (χ4v) is 2.56. The summed E-state index contributed by atoms with van der Waals surface area (Å²) in [7, 11) is 0. The Morgan fingerprint density at radius 2 is 1.81 bits per heavy atom. The first-order chi connectivity index (χ1) is 10.1. The molecule has 0 bridgehead atoms. The molecule has 1 unspecified atom stereocenters. The number of fused-ring (bicyclic) bond motifs is 1. The van der Waals surface area contributed by atoms with Gasteiger partial charge >= 0.3 is 5.69 Å². The Kier molecular flexibility index (Phi) is 3.71. The topological polar surface area (TPSA) is 60.7 Å². The van der Waals surface area contributed by atoms with Crippen LogP contribution >= 0.6 is 11.6 Å². The van der Waals surface area contributed by atoms with Gasteiger partial charge in [-0.05, 0) is 49.2 Å². The fraction of sp³-hybridized carbons (Fsp3) is 0.188. The number of aromatic nitrogens is 2. The van der Waals surface area contributed by atoms with Crippen LogP contribution in [0.25, 0.3) is 11.0 Å². The maximum absolute atomic E-state index is 11.2. The van der Waals surface area contributed by atoms with E-state index in [1.165, 1.54) is 5.56 Å². The zero-order valence-corrected chi connectivity index (χ0v) is 12.4. The first kappa shape index (κ1) is 13.8. The first-order valence-corrected chi connectivity index (χ1v) is 7.21. The van der Waals surface area contributed by atoms with E-state index in [2.05, 4.69) is 22.2 Å². The second-order valence-electron chi connectivity index (χ2n) is 5.22. The van der Waals surface area contributed by atoms with Gasteiger partial charge in [0.2, 0.25) is 0 Å². The van der Waals surface area contributed by atoms with E-state index in [4.69, 9.17) is 11.6 Å². The number of benzene rings is 2. The van der Waals surface area contributed by atoms with Crippen LogP contribution in [-0.4, -0.2) is 16.0 Å². The van der Waals surface area contributed by atoms with Gasteiger partial charge in [0.05, 0.1) is 11.0 Å². The largest absolute Gasteiger partial charge is 0.382 e. The van der Waals surface area contributed by atoms with Crippen molar-refractivity contribution in [2.45, 2.75) is 19.4 Å². The summed E-state index contributed by atoms with van der Waals surface area (Å²) < 4.78 is 0. The Labute approximate surface area is 127 Å². The summed E-state index contributed by atoms with van der Waals surface area (Å²) >= 11 is 5.89. The van der Waals surface area contributed by atoms with Gasteiger partial charge in [-0.1, -0.05) is 23.7 Å². The van der Waals surface area contributed by atoms with Crippen LogP contribution < -0.4 is 11.0 Å². The predicted octanol–water partition coefficient (Wildman–Crippen LogP) is 3.55. The lowest BCUT2D eigenvalue weighted by molar-refractivity contribution is 0.790. The molecule has 0 amide bonds. The van der Waals surface area contributed by atoms with Crippen LogP contribution in [0.5, 0.6) is 0 Å². The smallest absolute Gasteiger partial charge is 0.323 e. The summed E-state index contributed by atoms with van der Waals surface area (Å²) in [6.07, 6.45) is 0.902. The molecule has 3 N–H and O–H groups in total. The molecule has 21 heavy (non-hydrogen) atoms. The summed E-state index contributed by atoms with van der Waals surface area (Å²) in [5, 5.41) is 4.19. The minimum Gasteiger partial charge on any atom is -0.382 e. The van der Waals surface area contributed by atoms with Crippen molar-refractivity contribution in [2.75, 3.05) is 5.32 Å². The van der Waals surface area contributed by atoms with Crippen LogP contribution in [-0.2, 0) is 6.42 Å². The van der Waals surface area contributed by atoms with Crippen molar-refractivity contribution in [3.05, 3.63) is 63.5 Å². The molecule has 5 heteroatoms. The molecule has 0 aliphatic heterocycles. The number of hydrogen-bond donors (Lipinski definition) is 3. The van der Waals surface area contributed by atoms with Gasteiger partial charge in [0.15, 0.2) is 0 Å². The van der Waals surface area contributed by atoms with E-state index in [1.54, 1.807) is 0 Å². The molecule has 2 aromatic carbocycles. The SMILES string of the molecule is CC(Cc1ccc(Cl)cc1)Nc1ccc2[nH]c(=O)[nH]c2c1. The third kappa shape index (κ3) is 3.28. The lowest BCUT2D eigenvalue weighted by atomic mass is 10.1. The first-order valence-electron chi connectivity index (χ1n) is 6.83. The monoisotopic (exact) mass is 301 g/mol. The van der Waals surface area contributed by atoms with Crippen LogP contribution in [0.2, 0.25) is 5.02 Å². The third-order valence-electron chi connectivity index (χ3n) is 3.38. The summed E-state index contributed by atoms with van der Waals surface area (Å²) in [5.41, 5.74) is 3.66. The molecule has 0 saturated heterocycles. The normalized spacial score (nSPS) is 12.5. The molecule has 0 spiro atoms.